The number of carbonyl (C=O) groups is 1. The molecule has 1 unspecified atom stereocenters. The van der Waals surface area contributed by atoms with Gasteiger partial charge in [0.15, 0.2) is 0 Å². The zero-order chi connectivity index (χ0) is 17.4. The maximum absolute atomic E-state index is 12.2. The fraction of sp³-hybridized carbons (Fsp3) is 0.650. The van der Waals surface area contributed by atoms with Crippen molar-refractivity contribution in [3.05, 3.63) is 35.4 Å². The summed E-state index contributed by atoms with van der Waals surface area (Å²) >= 11 is 0. The van der Waals surface area contributed by atoms with Gasteiger partial charge in [0.25, 0.3) is 0 Å². The molecule has 1 aromatic carbocycles. The molecule has 1 spiro atoms. The zero-order valence-electron chi connectivity index (χ0n) is 15.3. The van der Waals surface area contributed by atoms with Gasteiger partial charge >= 0.3 is 0 Å². The minimum atomic E-state index is -0.123. The second-order valence-electron chi connectivity index (χ2n) is 8.07. The van der Waals surface area contributed by atoms with E-state index in [9.17, 15) is 4.79 Å². The molecule has 1 aromatic rings. The molecule has 5 nitrogen and oxygen atoms in total. The Kier molecular flexibility index (Phi) is 4.56. The van der Waals surface area contributed by atoms with Crippen LogP contribution in [0.3, 0.4) is 0 Å². The third-order valence-corrected chi connectivity index (χ3v) is 5.90. The Balaban J connectivity index is 1.37. The van der Waals surface area contributed by atoms with Crippen LogP contribution in [0, 0.1) is 12.8 Å². The summed E-state index contributed by atoms with van der Waals surface area (Å²) in [7, 11) is 1.72. The number of hydrogen-bond acceptors (Lipinski definition) is 4. The summed E-state index contributed by atoms with van der Waals surface area (Å²) in [5, 5.41) is 2.80. The predicted molar refractivity (Wildman–Crippen MR) is 97.3 cm³/mol. The lowest BCUT2D eigenvalue weighted by Crippen LogP contribution is -2.72. The summed E-state index contributed by atoms with van der Waals surface area (Å²) in [6.45, 7) is 7.52. The third kappa shape index (κ3) is 3.59. The molecule has 0 aromatic heterocycles. The number of morpholine rings is 1. The molecule has 1 aliphatic carbocycles. The molecule has 2 aliphatic heterocycles. The number of benzene rings is 1. The van der Waals surface area contributed by atoms with Crippen molar-refractivity contribution in [2.45, 2.75) is 38.0 Å². The van der Waals surface area contributed by atoms with Crippen molar-refractivity contribution in [1.82, 2.24) is 15.1 Å². The Hall–Kier alpha value is -1.43. The monoisotopic (exact) mass is 343 g/mol. The first-order valence-corrected chi connectivity index (χ1v) is 9.45. The van der Waals surface area contributed by atoms with Crippen LogP contribution in [0.2, 0.25) is 0 Å². The molecular formula is C20H29N3O2. The highest BCUT2D eigenvalue weighted by Gasteiger charge is 2.50. The summed E-state index contributed by atoms with van der Waals surface area (Å²) in [5.41, 5.74) is 2.66. The van der Waals surface area contributed by atoms with E-state index in [1.54, 1.807) is 7.05 Å². The lowest BCUT2D eigenvalue weighted by molar-refractivity contribution is -0.203. The highest BCUT2D eigenvalue weighted by atomic mass is 16.5. The van der Waals surface area contributed by atoms with Crippen LogP contribution in [0.4, 0.5) is 0 Å². The highest BCUT2D eigenvalue weighted by molar-refractivity contribution is 5.81. The Morgan fingerprint density at radius 3 is 2.72 bits per heavy atom. The van der Waals surface area contributed by atoms with Crippen LogP contribution in [0.25, 0.3) is 0 Å². The van der Waals surface area contributed by atoms with Gasteiger partial charge in [-0.2, -0.15) is 0 Å². The van der Waals surface area contributed by atoms with Crippen LogP contribution in [0.15, 0.2) is 24.3 Å². The van der Waals surface area contributed by atoms with Gasteiger partial charge < -0.3 is 10.1 Å². The molecule has 1 N–H and O–H groups in total. The van der Waals surface area contributed by atoms with Crippen LogP contribution in [-0.4, -0.2) is 67.2 Å². The Morgan fingerprint density at radius 1 is 1.28 bits per heavy atom. The quantitative estimate of drug-likeness (QED) is 0.878. The second-order valence-corrected chi connectivity index (χ2v) is 8.07. The molecule has 3 aliphatic rings. The number of likely N-dealkylation sites (tertiary alicyclic amines) is 1. The van der Waals surface area contributed by atoms with Crippen LogP contribution in [-0.2, 0) is 16.1 Å². The number of hydrogen-bond donors (Lipinski definition) is 1. The Bertz CT molecular complexity index is 638. The first kappa shape index (κ1) is 17.0. The van der Waals surface area contributed by atoms with E-state index < -0.39 is 0 Å². The molecule has 2 saturated heterocycles. The lowest BCUT2D eigenvalue weighted by atomic mass is 9.89. The summed E-state index contributed by atoms with van der Waals surface area (Å²) in [6.07, 6.45) is 2.62. The second kappa shape index (κ2) is 6.71. The van der Waals surface area contributed by atoms with Crippen LogP contribution in [0.5, 0.6) is 0 Å². The molecule has 1 atom stereocenters. The van der Waals surface area contributed by atoms with Gasteiger partial charge in [0.05, 0.1) is 6.61 Å². The molecule has 25 heavy (non-hydrogen) atoms. The largest absolute Gasteiger partial charge is 0.369 e. The van der Waals surface area contributed by atoms with Gasteiger partial charge in [-0.05, 0) is 36.8 Å². The van der Waals surface area contributed by atoms with Gasteiger partial charge in [-0.25, -0.2) is 0 Å². The smallest absolute Gasteiger partial charge is 0.239 e. The molecule has 0 radical (unpaired) electrons. The molecule has 136 valence electrons. The van der Waals surface area contributed by atoms with E-state index in [0.717, 1.165) is 38.6 Å². The van der Waals surface area contributed by atoms with E-state index in [0.29, 0.717) is 6.61 Å². The molecule has 5 heteroatoms. The lowest BCUT2D eigenvalue weighted by Gasteiger charge is -2.55. The number of nitrogens with one attached hydrogen (secondary N) is 1. The summed E-state index contributed by atoms with van der Waals surface area (Å²) < 4.78 is 6.22. The zero-order valence-corrected chi connectivity index (χ0v) is 15.3. The van der Waals surface area contributed by atoms with E-state index in [1.165, 1.54) is 24.0 Å². The fourth-order valence-corrected chi connectivity index (χ4v) is 4.22. The van der Waals surface area contributed by atoms with Gasteiger partial charge in [-0.3, -0.25) is 14.6 Å². The summed E-state index contributed by atoms with van der Waals surface area (Å²) in [4.78, 5) is 17.0. The van der Waals surface area contributed by atoms with Gasteiger partial charge in [-0.1, -0.05) is 24.3 Å². The molecule has 0 bridgehead atoms. The van der Waals surface area contributed by atoms with Crippen LogP contribution < -0.4 is 5.32 Å². The van der Waals surface area contributed by atoms with E-state index >= 15 is 0 Å². The number of carbonyl (C=O) groups excluding carboxylic acids is 1. The van der Waals surface area contributed by atoms with Crippen molar-refractivity contribution in [3.8, 4) is 0 Å². The first-order valence-electron chi connectivity index (χ1n) is 9.45. The Morgan fingerprint density at radius 2 is 2.04 bits per heavy atom. The highest BCUT2D eigenvalue weighted by Crippen LogP contribution is 2.36. The van der Waals surface area contributed by atoms with Crippen molar-refractivity contribution in [1.29, 1.82) is 0 Å². The number of nitrogens with zero attached hydrogens (tertiary/aromatic N) is 2. The van der Waals surface area contributed by atoms with Gasteiger partial charge in [-0.15, -0.1) is 0 Å². The molecule has 2 heterocycles. The SMILES string of the molecule is CNC(=O)C1COC2(CN(Cc3ccccc3C)C2)CN1CC1CC1. The van der Waals surface area contributed by atoms with Crippen molar-refractivity contribution in [2.24, 2.45) is 5.92 Å². The molecule has 4 rings (SSSR count). The van der Waals surface area contributed by atoms with Crippen molar-refractivity contribution in [2.75, 3.05) is 39.8 Å². The average Bonchev–Trinajstić information content (AvgIpc) is 3.39. The van der Waals surface area contributed by atoms with Crippen molar-refractivity contribution >= 4 is 5.91 Å². The van der Waals surface area contributed by atoms with Gasteiger partial charge in [0.1, 0.15) is 11.6 Å². The number of likely N-dealkylation sites (N-methyl/N-ethyl adjacent to an activating group) is 1. The van der Waals surface area contributed by atoms with E-state index in [4.69, 9.17) is 4.74 Å². The number of ether oxygens (including phenoxy) is 1. The summed E-state index contributed by atoms with van der Waals surface area (Å²) in [5.74, 6) is 0.872. The fourth-order valence-electron chi connectivity index (χ4n) is 4.22. The molecule has 1 saturated carbocycles. The molecular weight excluding hydrogens is 314 g/mol. The van der Waals surface area contributed by atoms with Crippen molar-refractivity contribution < 1.29 is 9.53 Å². The maximum atomic E-state index is 12.2. The molecule has 1 amide bonds. The van der Waals surface area contributed by atoms with Crippen LogP contribution in [0.1, 0.15) is 24.0 Å². The normalized spacial score (nSPS) is 26.4. The van der Waals surface area contributed by atoms with Crippen molar-refractivity contribution in [3.63, 3.8) is 0 Å². The van der Waals surface area contributed by atoms with Crippen LogP contribution >= 0.6 is 0 Å². The first-order chi connectivity index (χ1) is 12.1. The predicted octanol–water partition coefficient (Wildman–Crippen LogP) is 1.41. The van der Waals surface area contributed by atoms with E-state index in [-0.39, 0.29) is 17.6 Å². The average molecular weight is 343 g/mol. The van der Waals surface area contributed by atoms with E-state index in [2.05, 4.69) is 46.3 Å². The number of aryl methyl sites for hydroxylation is 1. The number of amides is 1. The topological polar surface area (TPSA) is 44.8 Å². The minimum absolute atomic E-state index is 0.0813. The maximum Gasteiger partial charge on any atom is 0.239 e. The minimum Gasteiger partial charge on any atom is -0.369 e. The van der Waals surface area contributed by atoms with Gasteiger partial charge in [0.2, 0.25) is 5.91 Å². The van der Waals surface area contributed by atoms with Gasteiger partial charge in [0, 0.05) is 39.8 Å². The summed E-state index contributed by atoms with van der Waals surface area (Å²) in [6, 6.07) is 8.47. The third-order valence-electron chi connectivity index (χ3n) is 5.90. The number of rotatable bonds is 5. The Labute approximate surface area is 150 Å². The van der Waals surface area contributed by atoms with E-state index in [1.807, 2.05) is 0 Å². The standard InChI is InChI=1S/C20H29N3O2/c1-15-5-3-4-6-17(15)10-22-12-20(13-22)14-23(9-16-7-8-16)18(11-25-20)19(24)21-2/h3-6,16,18H,7-14H2,1-2H3,(H,21,24). The molecule has 3 fully saturated rings.